The van der Waals surface area contributed by atoms with E-state index in [2.05, 4.69) is 29.0 Å². The maximum atomic E-state index is 12.3. The first-order valence-electron chi connectivity index (χ1n) is 7.61. The first-order chi connectivity index (χ1) is 11.1. The van der Waals surface area contributed by atoms with Crippen LogP contribution in [-0.2, 0) is 13.0 Å². The smallest absolute Gasteiger partial charge is 0.257 e. The second-order valence-corrected chi connectivity index (χ2v) is 6.93. The molecule has 126 valence electrons. The van der Waals surface area contributed by atoms with Crippen molar-refractivity contribution in [2.75, 3.05) is 11.9 Å². The van der Waals surface area contributed by atoms with Gasteiger partial charge in [0.25, 0.3) is 5.91 Å². The number of benzene rings is 1. The molecule has 1 aromatic heterocycles. The molecule has 0 atom stereocenters. The third kappa shape index (κ3) is 3.93. The molecule has 1 aromatic carbocycles. The van der Waals surface area contributed by atoms with E-state index < -0.39 is 0 Å². The van der Waals surface area contributed by atoms with Gasteiger partial charge in [-0.15, -0.1) is 23.7 Å². The highest BCUT2D eigenvalue weighted by Crippen LogP contribution is 2.29. The molecular weight excluding hydrogens is 344 g/mol. The van der Waals surface area contributed by atoms with E-state index in [-0.39, 0.29) is 18.3 Å². The molecule has 0 unspecified atom stereocenters. The third-order valence-electron chi connectivity index (χ3n) is 3.99. The topological polar surface area (TPSA) is 69.0 Å². The van der Waals surface area contributed by atoms with Crippen LogP contribution in [0.1, 0.15) is 40.3 Å². The fourth-order valence-electron chi connectivity index (χ4n) is 2.57. The Morgan fingerprint density at radius 1 is 1.38 bits per heavy atom. The summed E-state index contributed by atoms with van der Waals surface area (Å²) in [4.78, 5) is 20.5. The van der Waals surface area contributed by atoms with Crippen LogP contribution in [0.3, 0.4) is 0 Å². The Morgan fingerprint density at radius 2 is 2.08 bits per heavy atom. The summed E-state index contributed by atoms with van der Waals surface area (Å²) >= 11 is 1.55. The van der Waals surface area contributed by atoms with Crippen molar-refractivity contribution in [3.05, 3.63) is 46.0 Å². The van der Waals surface area contributed by atoms with Crippen LogP contribution in [0.15, 0.2) is 24.3 Å². The fraction of sp³-hybridized carbons (Fsp3) is 0.353. The predicted molar refractivity (Wildman–Crippen MR) is 97.7 cm³/mol. The van der Waals surface area contributed by atoms with Gasteiger partial charge in [0.2, 0.25) is 0 Å². The van der Waals surface area contributed by atoms with Crippen LogP contribution in [-0.4, -0.2) is 28.4 Å². The van der Waals surface area contributed by atoms with Gasteiger partial charge in [-0.1, -0.05) is 0 Å². The Bertz CT molecular complexity index is 764. The SMILES string of the molecule is CC(C)N1CCc2nc(NC(=O)c3ccc(C#N)cc3)sc2C1.Cl. The van der Waals surface area contributed by atoms with Gasteiger partial charge in [-0.3, -0.25) is 15.0 Å². The van der Waals surface area contributed by atoms with Crippen LogP contribution in [0.25, 0.3) is 0 Å². The van der Waals surface area contributed by atoms with Crippen LogP contribution >= 0.6 is 23.7 Å². The standard InChI is InChI=1S/C17H18N4OS.ClH/c1-11(2)21-8-7-14-15(10-21)23-17(19-14)20-16(22)13-5-3-12(9-18)4-6-13;/h3-6,11H,7-8,10H2,1-2H3,(H,19,20,22);1H. The molecule has 2 aromatic rings. The molecule has 5 nitrogen and oxygen atoms in total. The number of thiazole rings is 1. The van der Waals surface area contributed by atoms with Crippen LogP contribution in [0.4, 0.5) is 5.13 Å². The molecule has 0 spiro atoms. The zero-order chi connectivity index (χ0) is 16.4. The number of rotatable bonds is 3. The van der Waals surface area contributed by atoms with Crippen molar-refractivity contribution in [3.8, 4) is 6.07 Å². The number of hydrogen-bond donors (Lipinski definition) is 1. The lowest BCUT2D eigenvalue weighted by Crippen LogP contribution is -2.35. The Balaban J connectivity index is 0.00000208. The predicted octanol–water partition coefficient (Wildman–Crippen LogP) is 3.46. The number of hydrogen-bond acceptors (Lipinski definition) is 5. The van der Waals surface area contributed by atoms with Crippen molar-refractivity contribution in [3.63, 3.8) is 0 Å². The lowest BCUT2D eigenvalue weighted by Gasteiger charge is -2.29. The Morgan fingerprint density at radius 3 is 2.71 bits per heavy atom. The minimum absolute atomic E-state index is 0. The number of nitriles is 1. The number of carbonyl (C=O) groups is 1. The number of nitrogens with zero attached hydrogens (tertiary/aromatic N) is 3. The Hall–Kier alpha value is -1.94. The Labute approximate surface area is 151 Å². The molecule has 1 aliphatic heterocycles. The number of amides is 1. The number of carbonyl (C=O) groups excluding carboxylic acids is 1. The van der Waals surface area contributed by atoms with Crippen molar-refractivity contribution < 1.29 is 4.79 Å². The van der Waals surface area contributed by atoms with Gasteiger partial charge in [-0.2, -0.15) is 5.26 Å². The summed E-state index contributed by atoms with van der Waals surface area (Å²) in [6.45, 7) is 6.30. The van der Waals surface area contributed by atoms with E-state index in [1.807, 2.05) is 6.07 Å². The summed E-state index contributed by atoms with van der Waals surface area (Å²) in [6, 6.07) is 9.15. The second kappa shape index (κ2) is 7.75. The normalized spacial score (nSPS) is 13.8. The largest absolute Gasteiger partial charge is 0.298 e. The van der Waals surface area contributed by atoms with Gasteiger partial charge < -0.3 is 0 Å². The monoisotopic (exact) mass is 362 g/mol. The van der Waals surface area contributed by atoms with Gasteiger partial charge >= 0.3 is 0 Å². The molecule has 0 bridgehead atoms. The van der Waals surface area contributed by atoms with Gasteiger partial charge in [0.05, 0.1) is 17.3 Å². The van der Waals surface area contributed by atoms with Crippen molar-refractivity contribution in [2.45, 2.75) is 32.9 Å². The minimum atomic E-state index is -0.193. The van der Waals surface area contributed by atoms with Gasteiger partial charge in [-0.05, 0) is 38.1 Å². The summed E-state index contributed by atoms with van der Waals surface area (Å²) in [6.07, 6.45) is 0.927. The molecule has 24 heavy (non-hydrogen) atoms. The highest BCUT2D eigenvalue weighted by molar-refractivity contribution is 7.15. The van der Waals surface area contributed by atoms with Gasteiger partial charge in [0.1, 0.15) is 0 Å². The first-order valence-corrected chi connectivity index (χ1v) is 8.42. The molecule has 0 fully saturated rings. The van der Waals surface area contributed by atoms with E-state index in [1.165, 1.54) is 4.88 Å². The molecule has 7 heteroatoms. The van der Waals surface area contributed by atoms with E-state index in [4.69, 9.17) is 5.26 Å². The molecule has 0 aliphatic carbocycles. The van der Waals surface area contributed by atoms with Crippen LogP contribution in [0.2, 0.25) is 0 Å². The average molecular weight is 363 g/mol. The number of halogens is 1. The molecule has 1 amide bonds. The number of fused-ring (bicyclic) bond motifs is 1. The first kappa shape index (κ1) is 18.4. The molecule has 0 radical (unpaired) electrons. The maximum absolute atomic E-state index is 12.3. The summed E-state index contributed by atoms with van der Waals surface area (Å²) < 4.78 is 0. The zero-order valence-electron chi connectivity index (χ0n) is 13.6. The van der Waals surface area contributed by atoms with E-state index in [0.717, 1.165) is 25.2 Å². The van der Waals surface area contributed by atoms with E-state index in [0.29, 0.717) is 22.3 Å². The minimum Gasteiger partial charge on any atom is -0.298 e. The average Bonchev–Trinajstić information content (AvgIpc) is 2.96. The van der Waals surface area contributed by atoms with Crippen LogP contribution < -0.4 is 5.32 Å². The highest BCUT2D eigenvalue weighted by Gasteiger charge is 2.22. The summed E-state index contributed by atoms with van der Waals surface area (Å²) in [5.74, 6) is -0.193. The number of aromatic nitrogens is 1. The fourth-order valence-corrected chi connectivity index (χ4v) is 3.60. The zero-order valence-corrected chi connectivity index (χ0v) is 15.2. The summed E-state index contributed by atoms with van der Waals surface area (Å²) in [5, 5.41) is 12.3. The van der Waals surface area contributed by atoms with Crippen molar-refractivity contribution >= 4 is 34.8 Å². The molecule has 3 rings (SSSR count). The van der Waals surface area contributed by atoms with Crippen LogP contribution in [0.5, 0.6) is 0 Å². The molecule has 1 N–H and O–H groups in total. The quantitative estimate of drug-likeness (QED) is 0.907. The van der Waals surface area contributed by atoms with Gasteiger partial charge in [0.15, 0.2) is 5.13 Å². The number of nitrogens with one attached hydrogen (secondary N) is 1. The summed E-state index contributed by atoms with van der Waals surface area (Å²) in [7, 11) is 0. The van der Waals surface area contributed by atoms with E-state index in [1.54, 1.807) is 35.6 Å². The molecule has 1 aliphatic rings. The highest BCUT2D eigenvalue weighted by atomic mass is 35.5. The van der Waals surface area contributed by atoms with Gasteiger partial charge in [-0.25, -0.2) is 4.98 Å². The second-order valence-electron chi connectivity index (χ2n) is 5.85. The molecular formula is C17H19ClN4OS. The van der Waals surface area contributed by atoms with Crippen molar-refractivity contribution in [1.82, 2.24) is 9.88 Å². The molecule has 2 heterocycles. The molecule has 0 saturated heterocycles. The maximum Gasteiger partial charge on any atom is 0.257 e. The lowest BCUT2D eigenvalue weighted by atomic mass is 10.1. The van der Waals surface area contributed by atoms with Crippen LogP contribution in [0, 0.1) is 11.3 Å². The Kier molecular flexibility index (Phi) is 5.94. The van der Waals surface area contributed by atoms with E-state index in [9.17, 15) is 4.79 Å². The van der Waals surface area contributed by atoms with Crippen molar-refractivity contribution in [1.29, 1.82) is 5.26 Å². The molecule has 0 saturated carbocycles. The van der Waals surface area contributed by atoms with Crippen molar-refractivity contribution in [2.24, 2.45) is 0 Å². The third-order valence-corrected chi connectivity index (χ3v) is 4.99. The van der Waals surface area contributed by atoms with Gasteiger partial charge in [0, 0.05) is 36.0 Å². The number of anilines is 1. The lowest BCUT2D eigenvalue weighted by molar-refractivity contribution is 0.102. The summed E-state index contributed by atoms with van der Waals surface area (Å²) in [5.41, 5.74) is 2.17. The van der Waals surface area contributed by atoms with E-state index >= 15 is 0 Å².